The number of nitrogens with zero attached hydrogens (tertiary/aromatic N) is 4. The van der Waals surface area contributed by atoms with Crippen LogP contribution in [0.4, 0.5) is 0 Å². The molecular weight excluding hydrogens is 376 g/mol. The number of piperidine rings is 2. The Bertz CT molecular complexity index is 887. The minimum absolute atomic E-state index is 0.0555. The SMILES string of the molecule is CC(=O)N1CCC(C(=O)N2CCC(c3ccc4cc(Cl)cnc4n3)CC2)CC1. The first-order chi connectivity index (χ1) is 13.5. The lowest BCUT2D eigenvalue weighted by Gasteiger charge is -2.37. The monoisotopic (exact) mass is 400 g/mol. The molecule has 2 aromatic heterocycles. The minimum atomic E-state index is 0.0555. The minimum Gasteiger partial charge on any atom is -0.343 e. The number of halogens is 1. The number of carbonyl (C=O) groups is 2. The molecule has 2 saturated heterocycles. The molecule has 4 heterocycles. The average Bonchev–Trinajstić information content (AvgIpc) is 2.73. The Morgan fingerprint density at radius 1 is 1.04 bits per heavy atom. The van der Waals surface area contributed by atoms with E-state index >= 15 is 0 Å². The van der Waals surface area contributed by atoms with Crippen molar-refractivity contribution in [3.8, 4) is 0 Å². The first kappa shape index (κ1) is 19.1. The van der Waals surface area contributed by atoms with Crippen molar-refractivity contribution in [3.63, 3.8) is 0 Å². The normalized spacial score (nSPS) is 19.2. The van der Waals surface area contributed by atoms with Crippen LogP contribution in [0.5, 0.6) is 0 Å². The Balaban J connectivity index is 1.35. The number of amides is 2. The quantitative estimate of drug-likeness (QED) is 0.776. The van der Waals surface area contributed by atoms with E-state index in [0.29, 0.717) is 24.0 Å². The van der Waals surface area contributed by atoms with Crippen molar-refractivity contribution >= 4 is 34.4 Å². The zero-order chi connectivity index (χ0) is 19.7. The van der Waals surface area contributed by atoms with Crippen LogP contribution in [0.15, 0.2) is 24.4 Å². The second-order valence-electron chi connectivity index (χ2n) is 7.82. The summed E-state index contributed by atoms with van der Waals surface area (Å²) in [5.74, 6) is 0.765. The smallest absolute Gasteiger partial charge is 0.225 e. The lowest BCUT2D eigenvalue weighted by atomic mass is 9.90. The van der Waals surface area contributed by atoms with E-state index in [-0.39, 0.29) is 17.7 Å². The Hall–Kier alpha value is -2.21. The second-order valence-corrected chi connectivity index (χ2v) is 8.25. The van der Waals surface area contributed by atoms with E-state index in [1.165, 1.54) is 0 Å². The van der Waals surface area contributed by atoms with Gasteiger partial charge >= 0.3 is 0 Å². The van der Waals surface area contributed by atoms with E-state index in [4.69, 9.17) is 16.6 Å². The van der Waals surface area contributed by atoms with Gasteiger partial charge in [0.25, 0.3) is 0 Å². The molecule has 4 rings (SSSR count). The molecule has 0 radical (unpaired) electrons. The fraction of sp³-hybridized carbons (Fsp3) is 0.524. The third-order valence-electron chi connectivity index (χ3n) is 6.04. The average molecular weight is 401 g/mol. The van der Waals surface area contributed by atoms with Gasteiger partial charge in [-0.15, -0.1) is 0 Å². The fourth-order valence-corrected chi connectivity index (χ4v) is 4.49. The molecule has 0 saturated carbocycles. The van der Waals surface area contributed by atoms with Crippen molar-refractivity contribution in [1.82, 2.24) is 19.8 Å². The molecule has 2 aromatic rings. The number of aromatic nitrogens is 2. The molecule has 2 amide bonds. The van der Waals surface area contributed by atoms with Crippen LogP contribution in [0.2, 0.25) is 5.02 Å². The molecule has 2 fully saturated rings. The van der Waals surface area contributed by atoms with E-state index in [2.05, 4.69) is 11.1 Å². The van der Waals surface area contributed by atoms with Crippen LogP contribution in [-0.2, 0) is 9.59 Å². The van der Waals surface area contributed by atoms with Crippen molar-refractivity contribution in [2.24, 2.45) is 5.92 Å². The zero-order valence-electron chi connectivity index (χ0n) is 16.1. The molecule has 6 nitrogen and oxygen atoms in total. The van der Waals surface area contributed by atoms with Crippen molar-refractivity contribution in [1.29, 1.82) is 0 Å². The maximum absolute atomic E-state index is 12.9. The highest BCUT2D eigenvalue weighted by Crippen LogP contribution is 2.30. The number of rotatable bonds is 2. The molecule has 0 bridgehead atoms. The summed E-state index contributed by atoms with van der Waals surface area (Å²) in [6.45, 7) is 4.52. The number of pyridine rings is 2. The van der Waals surface area contributed by atoms with E-state index < -0.39 is 0 Å². The van der Waals surface area contributed by atoms with Gasteiger partial charge in [0, 0.05) is 62.2 Å². The van der Waals surface area contributed by atoms with Gasteiger partial charge in [0.2, 0.25) is 11.8 Å². The largest absolute Gasteiger partial charge is 0.343 e. The van der Waals surface area contributed by atoms with Crippen molar-refractivity contribution in [3.05, 3.63) is 35.1 Å². The summed E-state index contributed by atoms with van der Waals surface area (Å²) in [5, 5.41) is 1.56. The van der Waals surface area contributed by atoms with Crippen LogP contribution in [0.25, 0.3) is 11.0 Å². The molecule has 0 aromatic carbocycles. The number of carbonyl (C=O) groups excluding carboxylic acids is 2. The summed E-state index contributed by atoms with van der Waals surface area (Å²) in [5.41, 5.74) is 1.77. The van der Waals surface area contributed by atoms with Gasteiger partial charge in [0.15, 0.2) is 5.65 Å². The van der Waals surface area contributed by atoms with Crippen molar-refractivity contribution < 1.29 is 9.59 Å². The molecule has 28 heavy (non-hydrogen) atoms. The van der Waals surface area contributed by atoms with Gasteiger partial charge in [-0.05, 0) is 43.9 Å². The number of hydrogen-bond acceptors (Lipinski definition) is 4. The second kappa shape index (κ2) is 8.03. The Morgan fingerprint density at radius 2 is 1.71 bits per heavy atom. The van der Waals surface area contributed by atoms with E-state index in [0.717, 1.165) is 55.5 Å². The topological polar surface area (TPSA) is 66.4 Å². The van der Waals surface area contributed by atoms with Gasteiger partial charge in [-0.2, -0.15) is 0 Å². The van der Waals surface area contributed by atoms with Crippen LogP contribution in [-0.4, -0.2) is 57.8 Å². The molecule has 0 atom stereocenters. The summed E-state index contributed by atoms with van der Waals surface area (Å²) in [6, 6.07) is 5.95. The molecule has 0 unspecified atom stereocenters. The standard InChI is InChI=1S/C21H25ClN4O2/c1-14(27)25-8-6-16(7-9-25)21(28)26-10-4-15(5-11-26)19-3-2-17-12-18(22)13-23-20(17)24-19/h2-3,12-13,15-16H,4-11H2,1H3. The Kier molecular flexibility index (Phi) is 5.49. The maximum Gasteiger partial charge on any atom is 0.225 e. The number of hydrogen-bond donors (Lipinski definition) is 0. The first-order valence-electron chi connectivity index (χ1n) is 9.98. The van der Waals surface area contributed by atoms with Gasteiger partial charge in [-0.25, -0.2) is 9.97 Å². The summed E-state index contributed by atoms with van der Waals surface area (Å²) < 4.78 is 0. The Labute approximate surface area is 169 Å². The summed E-state index contributed by atoms with van der Waals surface area (Å²) in [4.78, 5) is 37.2. The number of fused-ring (bicyclic) bond motifs is 1. The lowest BCUT2D eigenvalue weighted by molar-refractivity contribution is -0.140. The lowest BCUT2D eigenvalue weighted by Crippen LogP contribution is -2.46. The van der Waals surface area contributed by atoms with Gasteiger partial charge in [-0.1, -0.05) is 11.6 Å². The predicted octanol–water partition coefficient (Wildman–Crippen LogP) is 3.25. The molecule has 2 aliphatic rings. The molecule has 148 valence electrons. The maximum atomic E-state index is 12.9. The van der Waals surface area contributed by atoms with E-state index in [9.17, 15) is 9.59 Å². The molecular formula is C21H25ClN4O2. The van der Waals surface area contributed by atoms with Crippen LogP contribution in [0.3, 0.4) is 0 Å². The van der Waals surface area contributed by atoms with E-state index in [1.54, 1.807) is 13.1 Å². The molecule has 0 spiro atoms. The predicted molar refractivity (Wildman–Crippen MR) is 108 cm³/mol. The third-order valence-corrected chi connectivity index (χ3v) is 6.25. The third kappa shape index (κ3) is 3.97. The summed E-state index contributed by atoms with van der Waals surface area (Å²) >= 11 is 5.99. The van der Waals surface area contributed by atoms with E-state index in [1.807, 2.05) is 21.9 Å². The molecule has 0 aliphatic carbocycles. The van der Waals surface area contributed by atoms with Gasteiger partial charge in [0.05, 0.1) is 5.02 Å². The molecule has 2 aliphatic heterocycles. The fourth-order valence-electron chi connectivity index (χ4n) is 4.32. The first-order valence-corrected chi connectivity index (χ1v) is 10.4. The highest BCUT2D eigenvalue weighted by molar-refractivity contribution is 6.31. The van der Waals surface area contributed by atoms with Crippen LogP contribution < -0.4 is 0 Å². The van der Waals surface area contributed by atoms with Crippen molar-refractivity contribution in [2.75, 3.05) is 26.2 Å². The molecule has 0 N–H and O–H groups in total. The van der Waals surface area contributed by atoms with Crippen molar-refractivity contribution in [2.45, 2.75) is 38.5 Å². The van der Waals surface area contributed by atoms with Gasteiger partial charge in [0.1, 0.15) is 0 Å². The number of likely N-dealkylation sites (tertiary alicyclic amines) is 2. The summed E-state index contributed by atoms with van der Waals surface area (Å²) in [7, 11) is 0. The zero-order valence-corrected chi connectivity index (χ0v) is 16.9. The van der Waals surface area contributed by atoms with Crippen LogP contribution in [0.1, 0.15) is 44.2 Å². The van der Waals surface area contributed by atoms with Crippen LogP contribution >= 0.6 is 11.6 Å². The summed E-state index contributed by atoms with van der Waals surface area (Å²) in [6.07, 6.45) is 5.02. The van der Waals surface area contributed by atoms with Gasteiger partial charge < -0.3 is 9.80 Å². The molecule has 7 heteroatoms. The highest BCUT2D eigenvalue weighted by Gasteiger charge is 2.32. The Morgan fingerprint density at radius 3 is 2.39 bits per heavy atom. The highest BCUT2D eigenvalue weighted by atomic mass is 35.5. The van der Waals surface area contributed by atoms with Crippen LogP contribution in [0, 0.1) is 5.92 Å². The van der Waals surface area contributed by atoms with Gasteiger partial charge in [-0.3, -0.25) is 9.59 Å².